The monoisotopic (exact) mass is 691 g/mol. The molecule has 2 unspecified atom stereocenters. The zero-order valence-corrected chi connectivity index (χ0v) is 26.8. The summed E-state index contributed by atoms with van der Waals surface area (Å²) in [6.45, 7) is 1.79. The first-order chi connectivity index (χ1) is 22.8. The second-order valence-corrected chi connectivity index (χ2v) is 14.4. The number of carbonyl (C=O) groups excluding carboxylic acids is 2. The molecule has 9 nitrogen and oxygen atoms in total. The highest BCUT2D eigenvalue weighted by molar-refractivity contribution is 6.31. The van der Waals surface area contributed by atoms with Crippen LogP contribution in [0.1, 0.15) is 65.8 Å². The van der Waals surface area contributed by atoms with Crippen molar-refractivity contribution in [1.82, 2.24) is 19.8 Å². The number of rotatable bonds is 5. The van der Waals surface area contributed by atoms with Crippen LogP contribution in [0.15, 0.2) is 54.6 Å². The first kappa shape index (κ1) is 31.7. The Morgan fingerprint density at radius 2 is 1.96 bits per heavy atom. The third kappa shape index (κ3) is 4.56. The summed E-state index contributed by atoms with van der Waals surface area (Å²) >= 11 is 12.9. The van der Waals surface area contributed by atoms with Gasteiger partial charge in [0.25, 0.3) is 5.91 Å². The molecule has 4 aliphatic heterocycles. The second-order valence-electron chi connectivity index (χ2n) is 13.5. The molecule has 0 bridgehead atoms. The lowest BCUT2D eigenvalue weighted by Gasteiger charge is -2.40. The number of halogens is 3. The quantitative estimate of drug-likeness (QED) is 0.244. The van der Waals surface area contributed by atoms with Gasteiger partial charge in [-0.25, -0.2) is 9.37 Å². The average molecular weight is 693 g/mol. The SMILES string of the molecule is C.O=C(NC1COCC1O)c1ccc2c(c1)nc1n2CC[C@H]2[C@@H]1[C@H](c1cccc(Cl)c1F)[C@]1(C(=O)Nc3cc(Cl)ccc31)N2CC1CC1. The maximum Gasteiger partial charge on any atom is 0.251 e. The van der Waals surface area contributed by atoms with Crippen LogP contribution >= 0.6 is 23.2 Å². The van der Waals surface area contributed by atoms with Crippen molar-refractivity contribution in [3.63, 3.8) is 0 Å². The summed E-state index contributed by atoms with van der Waals surface area (Å²) in [4.78, 5) is 35.3. The first-order valence-electron chi connectivity index (χ1n) is 16.1. The zero-order chi connectivity index (χ0) is 32.2. The standard InChI is InChI=1S/C35H32Cl2FN5O4.CH4/c36-19-7-8-21-23(13-19)41-34(46)35(21)30(20-2-1-3-22(37)31(20)38)29-27(43(35)14-17-4-5-17)10-11-42-26-9-6-18(12-24(26)39-32(29)42)33(45)40-25-15-47-16-28(25)44;/h1-3,6-9,12-13,17,25,27-30,44H,4-5,10-11,14-16H2,(H,40,45)(H,41,46);1H4/t25?,27-,28?,29+,30-,35+;/m0./s1. The number of aliphatic hydroxyl groups excluding tert-OH is 1. The summed E-state index contributed by atoms with van der Waals surface area (Å²) in [6.07, 6.45) is 2.14. The number of fused-ring (bicyclic) bond motifs is 7. The summed E-state index contributed by atoms with van der Waals surface area (Å²) in [5.74, 6) is -0.874. The molecule has 12 heteroatoms. The van der Waals surface area contributed by atoms with Crippen LogP contribution in [-0.2, 0) is 21.6 Å². The molecule has 2 saturated heterocycles. The molecule has 0 radical (unpaired) electrons. The number of anilines is 1. The number of aliphatic hydroxyl groups is 1. The summed E-state index contributed by atoms with van der Waals surface area (Å²) in [5.41, 5.74) is 2.50. The van der Waals surface area contributed by atoms with Gasteiger partial charge in [0, 0.05) is 52.8 Å². The van der Waals surface area contributed by atoms with E-state index in [4.69, 9.17) is 32.9 Å². The van der Waals surface area contributed by atoms with Crippen molar-refractivity contribution in [3.8, 4) is 0 Å². The number of nitrogens with zero attached hydrogens (tertiary/aromatic N) is 3. The summed E-state index contributed by atoms with van der Waals surface area (Å²) < 4.78 is 23.8. The molecule has 48 heavy (non-hydrogen) atoms. The van der Waals surface area contributed by atoms with E-state index in [2.05, 4.69) is 20.1 Å². The van der Waals surface area contributed by atoms with Crippen LogP contribution in [0.3, 0.4) is 0 Å². The molecule has 6 atom stereocenters. The molecule has 1 spiro atoms. The van der Waals surface area contributed by atoms with Crippen molar-refractivity contribution < 1.29 is 23.8 Å². The third-order valence-electron chi connectivity index (χ3n) is 10.9. The van der Waals surface area contributed by atoms with Crippen LogP contribution in [0.5, 0.6) is 0 Å². The van der Waals surface area contributed by atoms with E-state index in [0.29, 0.717) is 46.4 Å². The van der Waals surface area contributed by atoms with Gasteiger partial charge in [-0.1, -0.05) is 48.8 Å². The number of benzene rings is 3. The topological polar surface area (TPSA) is 109 Å². The predicted octanol–water partition coefficient (Wildman–Crippen LogP) is 5.82. The lowest BCUT2D eigenvalue weighted by molar-refractivity contribution is -0.128. The molecule has 5 aliphatic rings. The number of hydrogen-bond donors (Lipinski definition) is 3. The molecule has 1 aliphatic carbocycles. The van der Waals surface area contributed by atoms with Gasteiger partial charge in [0.2, 0.25) is 5.91 Å². The molecular weight excluding hydrogens is 656 g/mol. The Balaban J connectivity index is 0.00000336. The van der Waals surface area contributed by atoms with E-state index in [1.165, 1.54) is 6.07 Å². The van der Waals surface area contributed by atoms with Crippen LogP contribution in [-0.4, -0.2) is 69.3 Å². The number of aromatic nitrogens is 2. The first-order valence-corrected chi connectivity index (χ1v) is 16.9. The maximum atomic E-state index is 16.3. The smallest absolute Gasteiger partial charge is 0.251 e. The fraction of sp³-hybridized carbons (Fsp3) is 0.417. The van der Waals surface area contributed by atoms with Gasteiger partial charge in [0.05, 0.1) is 41.4 Å². The summed E-state index contributed by atoms with van der Waals surface area (Å²) in [6, 6.07) is 15.3. The van der Waals surface area contributed by atoms with Gasteiger partial charge < -0.3 is 25.0 Å². The molecular formula is C36H36Cl2FN5O4. The molecule has 1 saturated carbocycles. The molecule has 2 amide bonds. The van der Waals surface area contributed by atoms with Gasteiger partial charge in [0.1, 0.15) is 17.2 Å². The normalized spacial score (nSPS) is 29.0. The Morgan fingerprint density at radius 3 is 2.73 bits per heavy atom. The lowest BCUT2D eigenvalue weighted by atomic mass is 9.70. The van der Waals surface area contributed by atoms with E-state index >= 15 is 4.39 Å². The molecule has 4 aromatic rings. The average Bonchev–Trinajstić information content (AvgIpc) is 3.42. The minimum atomic E-state index is -1.22. The van der Waals surface area contributed by atoms with Crippen LogP contribution in [0.25, 0.3) is 11.0 Å². The number of nitrogens with one attached hydrogen (secondary N) is 2. The van der Waals surface area contributed by atoms with Gasteiger partial charge in [-0.2, -0.15) is 0 Å². The van der Waals surface area contributed by atoms with Gasteiger partial charge in [0.15, 0.2) is 0 Å². The van der Waals surface area contributed by atoms with Crippen molar-refractivity contribution in [2.75, 3.05) is 25.1 Å². The Kier molecular flexibility index (Phi) is 7.61. The Bertz CT molecular complexity index is 1980. The molecule has 250 valence electrons. The van der Waals surface area contributed by atoms with Gasteiger partial charge >= 0.3 is 0 Å². The van der Waals surface area contributed by atoms with E-state index in [-0.39, 0.29) is 49.4 Å². The van der Waals surface area contributed by atoms with E-state index in [1.54, 1.807) is 36.4 Å². The van der Waals surface area contributed by atoms with Gasteiger partial charge in [-0.3, -0.25) is 14.5 Å². The van der Waals surface area contributed by atoms with E-state index < -0.39 is 29.4 Å². The predicted molar refractivity (Wildman–Crippen MR) is 181 cm³/mol. The van der Waals surface area contributed by atoms with E-state index in [9.17, 15) is 14.7 Å². The number of aryl methyl sites for hydroxylation is 1. The Labute approximate surface area is 287 Å². The Hall–Kier alpha value is -3.54. The molecule has 3 fully saturated rings. The van der Waals surface area contributed by atoms with Crippen molar-refractivity contribution in [2.45, 2.75) is 68.8 Å². The Morgan fingerprint density at radius 1 is 1.12 bits per heavy atom. The maximum absolute atomic E-state index is 16.3. The van der Waals surface area contributed by atoms with E-state index in [1.807, 2.05) is 12.1 Å². The second kappa shape index (κ2) is 11.5. The molecule has 9 rings (SSSR count). The minimum absolute atomic E-state index is 0. The number of imidazole rings is 1. The summed E-state index contributed by atoms with van der Waals surface area (Å²) in [5, 5.41) is 16.6. The zero-order valence-electron chi connectivity index (χ0n) is 25.3. The highest BCUT2D eigenvalue weighted by Gasteiger charge is 2.69. The van der Waals surface area contributed by atoms with E-state index in [0.717, 1.165) is 36.2 Å². The number of amides is 2. The fourth-order valence-corrected chi connectivity index (χ4v) is 9.02. The van der Waals surface area contributed by atoms with Gasteiger partial charge in [-0.15, -0.1) is 0 Å². The minimum Gasteiger partial charge on any atom is -0.388 e. The number of ether oxygens (including phenoxy) is 1. The molecule has 3 N–H and O–H groups in total. The fourth-order valence-electron chi connectivity index (χ4n) is 8.67. The van der Waals surface area contributed by atoms with Crippen molar-refractivity contribution in [1.29, 1.82) is 0 Å². The van der Waals surface area contributed by atoms with Crippen LogP contribution in [0.4, 0.5) is 10.1 Å². The molecule has 1 aromatic heterocycles. The summed E-state index contributed by atoms with van der Waals surface area (Å²) in [7, 11) is 0. The number of hydrogen-bond acceptors (Lipinski definition) is 6. The van der Waals surface area contributed by atoms with Crippen molar-refractivity contribution >= 4 is 51.7 Å². The van der Waals surface area contributed by atoms with Crippen LogP contribution in [0.2, 0.25) is 10.0 Å². The number of likely N-dealkylation sites (tertiary alicyclic amines) is 1. The largest absolute Gasteiger partial charge is 0.388 e. The van der Waals surface area contributed by atoms with Crippen molar-refractivity contribution in [3.05, 3.63) is 93.0 Å². The number of carbonyl (C=O) groups is 2. The molecule has 5 heterocycles. The van der Waals surface area contributed by atoms with Crippen LogP contribution in [0, 0.1) is 11.7 Å². The highest BCUT2D eigenvalue weighted by Crippen LogP contribution is 2.64. The van der Waals surface area contributed by atoms with Gasteiger partial charge in [-0.05, 0) is 67.1 Å². The molecule has 3 aromatic carbocycles. The highest BCUT2D eigenvalue weighted by atomic mass is 35.5. The third-order valence-corrected chi connectivity index (χ3v) is 11.4. The lowest BCUT2D eigenvalue weighted by Crippen LogP contribution is -2.53. The van der Waals surface area contributed by atoms with Crippen molar-refractivity contribution in [2.24, 2.45) is 5.92 Å². The van der Waals surface area contributed by atoms with Crippen LogP contribution < -0.4 is 10.6 Å².